The highest BCUT2D eigenvalue weighted by Gasteiger charge is 2.71. The van der Waals surface area contributed by atoms with Crippen LogP contribution in [-0.2, 0) is 16.0 Å². The zero-order chi connectivity index (χ0) is 22.5. The number of Topliss-reactive ketones (excluding diaryl/α,β-unsaturated/α-hetero) is 1. The molecule has 0 aromatic heterocycles. The zero-order valence-corrected chi connectivity index (χ0v) is 19.1. The van der Waals surface area contributed by atoms with E-state index in [0.717, 1.165) is 30.5 Å². The van der Waals surface area contributed by atoms with Crippen LogP contribution in [0.15, 0.2) is 59.4 Å². The molecule has 1 aromatic rings. The third-order valence-electron chi connectivity index (χ3n) is 8.67. The minimum Gasteiger partial charge on any atom is -0.487 e. The third kappa shape index (κ3) is 2.43. The van der Waals surface area contributed by atoms with E-state index in [2.05, 4.69) is 18.0 Å². The fourth-order valence-electron chi connectivity index (χ4n) is 7.03. The summed E-state index contributed by atoms with van der Waals surface area (Å²) in [5.41, 5.74) is -0.412. The Morgan fingerprint density at radius 2 is 2.09 bits per heavy atom. The Labute approximate surface area is 193 Å². The van der Waals surface area contributed by atoms with Crippen LogP contribution in [0.4, 0.5) is 0 Å². The quantitative estimate of drug-likeness (QED) is 0.688. The van der Waals surface area contributed by atoms with Gasteiger partial charge in [0.1, 0.15) is 17.5 Å². The van der Waals surface area contributed by atoms with Crippen molar-refractivity contribution in [3.8, 4) is 0 Å². The van der Waals surface area contributed by atoms with Crippen molar-refractivity contribution in [1.29, 1.82) is 0 Å². The Balaban J connectivity index is 1.54. The van der Waals surface area contributed by atoms with Crippen molar-refractivity contribution in [2.75, 3.05) is 13.6 Å². The van der Waals surface area contributed by atoms with Gasteiger partial charge in [-0.1, -0.05) is 42.0 Å². The molecule has 1 unspecified atom stereocenters. The Morgan fingerprint density at radius 1 is 1.31 bits per heavy atom. The number of halogens is 1. The number of carbonyl (C=O) groups excluding carboxylic acids is 1. The molecule has 1 spiro atoms. The van der Waals surface area contributed by atoms with Crippen molar-refractivity contribution in [3.05, 3.63) is 70.0 Å². The molecule has 2 N–H and O–H groups in total. The van der Waals surface area contributed by atoms with Crippen LogP contribution in [0.3, 0.4) is 0 Å². The summed E-state index contributed by atoms with van der Waals surface area (Å²) in [4.78, 5) is 15.1. The van der Waals surface area contributed by atoms with Crippen LogP contribution in [0.2, 0.25) is 5.02 Å². The molecule has 3 aliphatic carbocycles. The molecule has 168 valence electrons. The maximum absolute atomic E-state index is 12.7. The summed E-state index contributed by atoms with van der Waals surface area (Å²) in [6.45, 7) is 2.28. The Morgan fingerprint density at radius 3 is 2.84 bits per heavy atom. The molecular formula is C26H28ClNO4. The van der Waals surface area contributed by atoms with Gasteiger partial charge in [-0.2, -0.15) is 0 Å². The first-order valence-electron chi connectivity index (χ1n) is 11.4. The highest BCUT2D eigenvalue weighted by Crippen LogP contribution is 2.67. The molecule has 2 bridgehead atoms. The lowest BCUT2D eigenvalue weighted by Gasteiger charge is -2.59. The maximum Gasteiger partial charge on any atom is 0.178 e. The van der Waals surface area contributed by atoms with Gasteiger partial charge < -0.3 is 19.8 Å². The first kappa shape index (κ1) is 20.7. The van der Waals surface area contributed by atoms with E-state index in [0.29, 0.717) is 23.6 Å². The van der Waals surface area contributed by atoms with Gasteiger partial charge in [-0.3, -0.25) is 4.79 Å². The Bertz CT molecular complexity index is 1120. The molecule has 6 atom stereocenters. The largest absolute Gasteiger partial charge is 0.487 e. The second-order valence-electron chi connectivity index (χ2n) is 10.2. The smallest absolute Gasteiger partial charge is 0.178 e. The van der Waals surface area contributed by atoms with Crippen molar-refractivity contribution in [3.63, 3.8) is 0 Å². The lowest BCUT2D eigenvalue weighted by atomic mass is 9.49. The summed E-state index contributed by atoms with van der Waals surface area (Å²) in [5, 5.41) is 24.1. The van der Waals surface area contributed by atoms with Gasteiger partial charge in [0.05, 0.1) is 0 Å². The van der Waals surface area contributed by atoms with E-state index in [4.69, 9.17) is 16.3 Å². The second-order valence-corrected chi connectivity index (χ2v) is 10.7. The van der Waals surface area contributed by atoms with Gasteiger partial charge in [0.2, 0.25) is 0 Å². The topological polar surface area (TPSA) is 70.0 Å². The highest BCUT2D eigenvalue weighted by molar-refractivity contribution is 6.31. The number of nitrogens with zero attached hydrogens (tertiary/aromatic N) is 1. The molecule has 1 saturated carbocycles. The number of ketones is 1. The van der Waals surface area contributed by atoms with Crippen molar-refractivity contribution in [1.82, 2.24) is 4.90 Å². The Hall–Kier alpha value is -1.92. The van der Waals surface area contributed by atoms with Gasteiger partial charge in [0.25, 0.3) is 0 Å². The van der Waals surface area contributed by atoms with Crippen LogP contribution in [0, 0.1) is 11.3 Å². The summed E-state index contributed by atoms with van der Waals surface area (Å²) in [7, 11) is 2.15. The predicted molar refractivity (Wildman–Crippen MR) is 121 cm³/mol. The number of piperidine rings is 1. The number of benzene rings is 1. The van der Waals surface area contributed by atoms with Crippen LogP contribution >= 0.6 is 11.6 Å². The number of hydrogen-bond acceptors (Lipinski definition) is 5. The molecule has 0 amide bonds. The molecule has 0 radical (unpaired) electrons. The SMILES string of the molecule is CC(=O)[C@]1(O)C=C[C@H]2[C@H]3CC4=CCC(O)(Cc5ccccc5Cl)C5=C4[C@@]2(CCN3C)[C@H]1O5. The van der Waals surface area contributed by atoms with Crippen LogP contribution in [0.1, 0.15) is 31.7 Å². The minimum absolute atomic E-state index is 0.123. The predicted octanol–water partition coefficient (Wildman–Crippen LogP) is 3.20. The van der Waals surface area contributed by atoms with E-state index in [-0.39, 0.29) is 17.7 Å². The number of rotatable bonds is 3. The van der Waals surface area contributed by atoms with Gasteiger partial charge in [0.15, 0.2) is 11.4 Å². The summed E-state index contributed by atoms with van der Waals surface area (Å²) < 4.78 is 6.57. The summed E-state index contributed by atoms with van der Waals surface area (Å²) in [5.74, 6) is 0.335. The van der Waals surface area contributed by atoms with Crippen LogP contribution in [0.25, 0.3) is 0 Å². The van der Waals surface area contributed by atoms with Gasteiger partial charge >= 0.3 is 0 Å². The summed E-state index contributed by atoms with van der Waals surface area (Å²) in [6, 6.07) is 7.82. The van der Waals surface area contributed by atoms with Crippen molar-refractivity contribution >= 4 is 17.4 Å². The second kappa shape index (κ2) is 6.57. The van der Waals surface area contributed by atoms with E-state index in [9.17, 15) is 15.0 Å². The van der Waals surface area contributed by atoms with E-state index in [1.165, 1.54) is 12.5 Å². The van der Waals surface area contributed by atoms with Gasteiger partial charge in [-0.25, -0.2) is 0 Å². The van der Waals surface area contributed by atoms with Gasteiger partial charge in [0, 0.05) is 40.8 Å². The number of aliphatic hydroxyl groups is 2. The lowest BCUT2D eigenvalue weighted by molar-refractivity contribution is -0.165. The molecule has 32 heavy (non-hydrogen) atoms. The Kier molecular flexibility index (Phi) is 4.24. The van der Waals surface area contributed by atoms with Crippen molar-refractivity contribution < 1.29 is 19.7 Å². The average Bonchev–Trinajstić information content (AvgIpc) is 3.12. The van der Waals surface area contributed by atoms with Crippen LogP contribution in [0.5, 0.6) is 0 Å². The molecule has 5 nitrogen and oxygen atoms in total. The lowest BCUT2D eigenvalue weighted by Crippen LogP contribution is -2.67. The number of carbonyl (C=O) groups is 1. The fraction of sp³-hybridized carbons (Fsp3) is 0.500. The van der Waals surface area contributed by atoms with Gasteiger partial charge in [-0.05, 0) is 56.6 Å². The van der Waals surface area contributed by atoms with E-state index in [1.54, 1.807) is 6.08 Å². The van der Waals surface area contributed by atoms with E-state index >= 15 is 0 Å². The minimum atomic E-state index is -1.71. The maximum atomic E-state index is 12.7. The highest BCUT2D eigenvalue weighted by atomic mass is 35.5. The van der Waals surface area contributed by atoms with Crippen molar-refractivity contribution in [2.24, 2.45) is 11.3 Å². The summed E-state index contributed by atoms with van der Waals surface area (Å²) >= 11 is 6.44. The van der Waals surface area contributed by atoms with Crippen molar-refractivity contribution in [2.45, 2.75) is 56.0 Å². The molecule has 1 aromatic carbocycles. The number of ether oxygens (including phenoxy) is 1. The standard InChI is InChI=1S/C26H28ClNO4/c1-15(29)26(31)10-8-18-20-13-16-7-9-24(30,14-17-5-3-4-6-19(17)27)22-21(16)25(18,23(26)32-22)11-12-28(20)2/h3-8,10,18,20,23,30-31H,9,11-14H2,1-2H3/t18-,20+,23+,24?,25-,26+/m0/s1. The average molecular weight is 454 g/mol. The summed E-state index contributed by atoms with van der Waals surface area (Å²) in [6.07, 6.45) is 7.49. The monoisotopic (exact) mass is 453 g/mol. The van der Waals surface area contributed by atoms with Crippen LogP contribution < -0.4 is 0 Å². The first-order chi connectivity index (χ1) is 15.2. The zero-order valence-electron chi connectivity index (χ0n) is 18.3. The number of likely N-dealkylation sites (tertiary alicyclic amines) is 1. The number of hydrogen-bond donors (Lipinski definition) is 2. The molecule has 2 fully saturated rings. The van der Waals surface area contributed by atoms with Gasteiger partial charge in [-0.15, -0.1) is 0 Å². The molecule has 6 heteroatoms. The molecule has 6 rings (SSSR count). The molecule has 2 aliphatic heterocycles. The van der Waals surface area contributed by atoms with Crippen LogP contribution in [-0.4, -0.2) is 57.8 Å². The molecular weight excluding hydrogens is 426 g/mol. The molecule has 5 aliphatic rings. The normalized spacial score (nSPS) is 41.8. The van der Waals surface area contributed by atoms with E-state index in [1.807, 2.05) is 30.3 Å². The fourth-order valence-corrected chi connectivity index (χ4v) is 7.23. The first-order valence-corrected chi connectivity index (χ1v) is 11.8. The molecule has 1 saturated heterocycles. The molecule has 2 heterocycles. The third-order valence-corrected chi connectivity index (χ3v) is 9.04. The van der Waals surface area contributed by atoms with E-state index < -0.39 is 22.7 Å².